The topological polar surface area (TPSA) is 154 Å². The Kier molecular flexibility index (Phi) is 46.0. The van der Waals surface area contributed by atoms with E-state index in [-0.39, 0.29) is 48.2 Å². The first-order chi connectivity index (χ1) is 18.9. The second kappa shape index (κ2) is 31.9. The van der Waals surface area contributed by atoms with Crippen LogP contribution in [-0.2, 0) is 46.7 Å². The van der Waals surface area contributed by atoms with Crippen LogP contribution < -0.4 is 25.5 Å². The van der Waals surface area contributed by atoms with Crippen molar-refractivity contribution in [2.24, 2.45) is 4.41 Å². The molecule has 0 amide bonds. The molecular formula is C30H78Mo2N3O6PSi4. The van der Waals surface area contributed by atoms with Gasteiger partial charge in [0.1, 0.15) is 16.5 Å². The number of nitrogens with zero attached hydrogens (tertiary/aromatic N) is 3. The molecule has 0 heterocycles. The molecule has 0 aromatic heterocycles. The molecule has 0 fully saturated rings. The molecule has 0 spiro atoms. The van der Waals surface area contributed by atoms with Gasteiger partial charge in [-0.05, 0) is 13.8 Å². The van der Waals surface area contributed by atoms with E-state index in [1.807, 2.05) is 0 Å². The van der Waals surface area contributed by atoms with Gasteiger partial charge in [-0.15, -0.1) is 30.5 Å². The van der Waals surface area contributed by atoms with Gasteiger partial charge in [0.05, 0.1) is 6.10 Å². The summed E-state index contributed by atoms with van der Waals surface area (Å²) < 4.78 is 20.5. The monoisotopic (exact) mass is 915 g/mol. The first kappa shape index (κ1) is 66.4. The predicted molar refractivity (Wildman–Crippen MR) is 200 cm³/mol. The molecule has 46 heavy (non-hydrogen) atoms. The van der Waals surface area contributed by atoms with Crippen LogP contribution in [0.15, 0.2) is 4.41 Å². The summed E-state index contributed by atoms with van der Waals surface area (Å²) in [6.07, 6.45) is -1.94. The summed E-state index contributed by atoms with van der Waals surface area (Å²) in [6.45, 7) is 48.9. The minimum atomic E-state index is -2.32. The molecule has 0 saturated heterocycles. The van der Waals surface area contributed by atoms with E-state index >= 15 is 0 Å². The minimum absolute atomic E-state index is 0. The van der Waals surface area contributed by atoms with E-state index in [0.29, 0.717) is 0 Å². The van der Waals surface area contributed by atoms with Crippen molar-refractivity contribution in [1.82, 2.24) is 4.00 Å². The van der Waals surface area contributed by atoms with E-state index in [1.165, 1.54) is 0 Å². The standard InChI is InChI=1S/C15H43N3OPSi4.5C3H7O.2Mo/c1-15(2)19-20(16-21(3,4)5,17-22(6,7)8)18(23(9,10)11)24(12,13)14;5*1-3(2)4;;/h15H,1-14H3;5*3H,1-2H3;;/q6*-1;2*+3. The molecule has 16 heteroatoms. The number of hydrogen-bond acceptors (Lipinski definition) is 7. The van der Waals surface area contributed by atoms with Crippen LogP contribution in [0.3, 0.4) is 0 Å². The zero-order valence-corrected chi connectivity index (χ0v) is 43.4. The van der Waals surface area contributed by atoms with Crippen LogP contribution in [0.4, 0.5) is 0 Å². The molecule has 0 saturated carbocycles. The van der Waals surface area contributed by atoms with Crippen LogP contribution in [0.2, 0.25) is 78.6 Å². The molecule has 0 aliphatic heterocycles. The van der Waals surface area contributed by atoms with Gasteiger partial charge in [0.25, 0.3) is 0 Å². The number of hydrogen-bond donors (Lipinski definition) is 0. The van der Waals surface area contributed by atoms with Gasteiger partial charge in [0.2, 0.25) is 0 Å². The van der Waals surface area contributed by atoms with Crippen molar-refractivity contribution in [2.75, 3.05) is 0 Å². The van der Waals surface area contributed by atoms with Gasteiger partial charge in [0.15, 0.2) is 8.24 Å². The van der Waals surface area contributed by atoms with Crippen molar-refractivity contribution >= 4 is 40.5 Å². The first-order valence-electron chi connectivity index (χ1n) is 16.0. The first-order valence-corrected chi connectivity index (χ1v) is 31.4. The SMILES string of the molecule is CC(C)O[P@](=N[Si](C)(C)C)([N-][Si](C)(C)C)N([Si](C)(C)C)[Si](C)(C)C.CC(C)[O-].CC(C)[O-].CC(C)[O-].CC(C)[O-].CC(C)[O-].[Mo+3].[Mo+3]. The normalized spacial score (nSPS) is 13.0. The Morgan fingerprint density at radius 3 is 0.804 bits per heavy atom. The van der Waals surface area contributed by atoms with Gasteiger partial charge in [-0.1, -0.05) is 156 Å². The van der Waals surface area contributed by atoms with Gasteiger partial charge >= 0.3 is 42.1 Å². The molecule has 0 rings (SSSR count). The molecule has 0 aromatic carbocycles. The summed E-state index contributed by atoms with van der Waals surface area (Å²) in [6, 6.07) is 0. The molecular weight excluding hydrogens is 834 g/mol. The average Bonchev–Trinajstić information content (AvgIpc) is 2.51. The van der Waals surface area contributed by atoms with Crippen molar-refractivity contribution in [1.29, 1.82) is 0 Å². The zero-order valence-electron chi connectivity index (χ0n) is 34.5. The molecule has 0 unspecified atom stereocenters. The van der Waals surface area contributed by atoms with Crippen molar-refractivity contribution in [3.8, 4) is 0 Å². The maximum absolute atomic E-state index is 9.53. The van der Waals surface area contributed by atoms with Gasteiger partial charge in [0, 0.05) is 7.58 Å². The molecule has 0 bridgehead atoms. The van der Waals surface area contributed by atoms with Gasteiger partial charge < -0.3 is 43.2 Å². The van der Waals surface area contributed by atoms with E-state index in [9.17, 15) is 25.5 Å². The molecule has 282 valence electrons. The minimum Gasteiger partial charge on any atom is -0.852 e. The third-order valence-electron chi connectivity index (χ3n) is 2.74. The van der Waals surface area contributed by atoms with Crippen molar-refractivity contribution in [3.63, 3.8) is 0 Å². The Labute approximate surface area is 322 Å². The van der Waals surface area contributed by atoms with Gasteiger partial charge in [-0.3, -0.25) is 0 Å². The summed E-state index contributed by atoms with van der Waals surface area (Å²) in [5.41, 5.74) is 0. The maximum atomic E-state index is 9.53. The Hall–Kier alpha value is 2.15. The third kappa shape index (κ3) is 68.2. The fourth-order valence-corrected chi connectivity index (χ4v) is 27.8. The number of rotatable bonds is 8. The van der Waals surface area contributed by atoms with Gasteiger partial charge in [-0.25, -0.2) is 0 Å². The smallest absolute Gasteiger partial charge is 0.852 e. The fourth-order valence-electron chi connectivity index (χ4n) is 3.06. The van der Waals surface area contributed by atoms with Crippen LogP contribution in [-0.4, -0.2) is 73.6 Å². The molecule has 0 N–H and O–H groups in total. The molecule has 1 atom stereocenters. The van der Waals surface area contributed by atoms with Crippen LogP contribution in [0.5, 0.6) is 0 Å². The zero-order chi connectivity index (χ0) is 37.7. The molecule has 0 aliphatic carbocycles. The summed E-state index contributed by atoms with van der Waals surface area (Å²) in [5.74, 6) is 0. The van der Waals surface area contributed by atoms with Crippen molar-refractivity contribution < 1.29 is 72.2 Å². The van der Waals surface area contributed by atoms with E-state index < -0.39 is 71.0 Å². The summed E-state index contributed by atoms with van der Waals surface area (Å²) in [4.78, 5) is 0. The Morgan fingerprint density at radius 2 is 0.696 bits per heavy atom. The second-order valence-electron chi connectivity index (χ2n) is 16.1. The maximum Gasteiger partial charge on any atom is 3.00 e. The third-order valence-corrected chi connectivity index (χ3v) is 22.6. The van der Waals surface area contributed by atoms with Gasteiger partial charge in [-0.2, -0.15) is 0 Å². The fraction of sp³-hybridized carbons (Fsp3) is 1.00. The molecule has 0 aliphatic rings. The van der Waals surface area contributed by atoms with E-state index in [1.54, 1.807) is 69.2 Å². The van der Waals surface area contributed by atoms with E-state index in [2.05, 4.69) is 96.4 Å². The largest absolute Gasteiger partial charge is 3.00 e. The predicted octanol–water partition coefficient (Wildman–Crippen LogP) is 6.14. The quantitative estimate of drug-likeness (QED) is 0.209. The Morgan fingerprint density at radius 1 is 0.500 bits per heavy atom. The van der Waals surface area contributed by atoms with E-state index in [0.717, 1.165) is 0 Å². The van der Waals surface area contributed by atoms with Crippen LogP contribution >= 0.6 is 7.58 Å². The Balaban J connectivity index is -0.0000000888. The van der Waals surface area contributed by atoms with Crippen LogP contribution in [0.25, 0.3) is 4.75 Å². The van der Waals surface area contributed by atoms with Crippen LogP contribution in [0, 0.1) is 0 Å². The summed E-state index contributed by atoms with van der Waals surface area (Å²) >= 11 is 0. The summed E-state index contributed by atoms with van der Waals surface area (Å²) in [5, 5.41) is 47.6. The Bertz CT molecular complexity index is 650. The molecule has 0 aromatic rings. The van der Waals surface area contributed by atoms with Crippen molar-refractivity contribution in [2.45, 2.75) is 198 Å². The molecule has 2 radical (unpaired) electrons. The molecule has 9 nitrogen and oxygen atoms in total. The second-order valence-corrected chi connectivity index (χ2v) is 38.8. The summed E-state index contributed by atoms with van der Waals surface area (Å²) in [7, 11) is -9.01. The van der Waals surface area contributed by atoms with Crippen LogP contribution in [0.1, 0.15) is 83.1 Å². The van der Waals surface area contributed by atoms with E-state index in [4.69, 9.17) is 13.7 Å². The van der Waals surface area contributed by atoms with Crippen molar-refractivity contribution in [3.05, 3.63) is 4.75 Å². The average molecular weight is 912 g/mol.